The third kappa shape index (κ3) is 3.90. The SMILES string of the molecule is O=C(NCCc1ccc(Cl)cc1)c1cc2c([nH]c3ccccc32)c(-c2ccccc2)n1. The van der Waals surface area contributed by atoms with Crippen molar-refractivity contribution in [1.29, 1.82) is 0 Å². The maximum atomic E-state index is 13.0. The molecule has 31 heavy (non-hydrogen) atoms. The van der Waals surface area contributed by atoms with Crippen molar-refractivity contribution in [2.75, 3.05) is 6.54 Å². The number of halogens is 1. The van der Waals surface area contributed by atoms with Gasteiger partial charge in [0, 0.05) is 33.4 Å². The molecule has 1 amide bonds. The van der Waals surface area contributed by atoms with Gasteiger partial charge in [0.25, 0.3) is 5.91 Å². The van der Waals surface area contributed by atoms with E-state index in [1.54, 1.807) is 0 Å². The van der Waals surface area contributed by atoms with Crippen LogP contribution in [-0.2, 0) is 6.42 Å². The Balaban J connectivity index is 1.50. The van der Waals surface area contributed by atoms with Crippen LogP contribution in [0.2, 0.25) is 5.02 Å². The lowest BCUT2D eigenvalue weighted by Gasteiger charge is -2.09. The molecular weight excluding hydrogens is 406 g/mol. The van der Waals surface area contributed by atoms with Gasteiger partial charge in [0.1, 0.15) is 5.69 Å². The van der Waals surface area contributed by atoms with Gasteiger partial charge in [-0.3, -0.25) is 4.79 Å². The Kier molecular flexibility index (Phi) is 5.14. The summed E-state index contributed by atoms with van der Waals surface area (Å²) in [5, 5.41) is 5.78. The van der Waals surface area contributed by atoms with Crippen LogP contribution in [0.5, 0.6) is 0 Å². The predicted molar refractivity (Wildman–Crippen MR) is 127 cm³/mol. The van der Waals surface area contributed by atoms with E-state index >= 15 is 0 Å². The molecule has 0 saturated carbocycles. The molecular formula is C26H20ClN3O. The molecule has 0 bridgehead atoms. The van der Waals surface area contributed by atoms with Crippen LogP contribution in [0.4, 0.5) is 0 Å². The smallest absolute Gasteiger partial charge is 0.269 e. The molecule has 0 aliphatic rings. The molecule has 0 fully saturated rings. The van der Waals surface area contributed by atoms with E-state index in [1.807, 2.05) is 78.9 Å². The summed E-state index contributed by atoms with van der Waals surface area (Å²) in [6.07, 6.45) is 0.726. The first kappa shape index (κ1) is 19.3. The molecule has 2 aromatic heterocycles. The number of carbonyl (C=O) groups is 1. The van der Waals surface area contributed by atoms with Gasteiger partial charge in [0.2, 0.25) is 0 Å². The fourth-order valence-corrected chi connectivity index (χ4v) is 3.95. The summed E-state index contributed by atoms with van der Waals surface area (Å²) >= 11 is 5.94. The molecule has 0 aliphatic carbocycles. The van der Waals surface area contributed by atoms with Crippen LogP contribution in [0.1, 0.15) is 16.1 Å². The van der Waals surface area contributed by atoms with Crippen LogP contribution in [0.15, 0.2) is 84.9 Å². The summed E-state index contributed by atoms with van der Waals surface area (Å²) in [4.78, 5) is 21.2. The predicted octanol–water partition coefficient (Wildman–Crippen LogP) is 6.01. The molecule has 152 valence electrons. The fourth-order valence-electron chi connectivity index (χ4n) is 3.83. The van der Waals surface area contributed by atoms with Crippen LogP contribution in [0.3, 0.4) is 0 Å². The Hall–Kier alpha value is -3.63. The van der Waals surface area contributed by atoms with Gasteiger partial charge < -0.3 is 10.3 Å². The highest BCUT2D eigenvalue weighted by atomic mass is 35.5. The van der Waals surface area contributed by atoms with Crippen molar-refractivity contribution < 1.29 is 4.79 Å². The highest BCUT2D eigenvalue weighted by Crippen LogP contribution is 2.32. The Labute approximate surface area is 184 Å². The van der Waals surface area contributed by atoms with E-state index in [-0.39, 0.29) is 5.91 Å². The van der Waals surface area contributed by atoms with E-state index < -0.39 is 0 Å². The van der Waals surface area contributed by atoms with Crippen molar-refractivity contribution in [3.63, 3.8) is 0 Å². The van der Waals surface area contributed by atoms with Gasteiger partial charge in [-0.2, -0.15) is 0 Å². The minimum atomic E-state index is -0.182. The number of rotatable bonds is 5. The Morgan fingerprint density at radius 1 is 0.903 bits per heavy atom. The largest absolute Gasteiger partial charge is 0.353 e. The summed E-state index contributed by atoms with van der Waals surface area (Å²) in [5.41, 5.74) is 5.23. The van der Waals surface area contributed by atoms with Crippen molar-refractivity contribution in [2.45, 2.75) is 6.42 Å². The first-order chi connectivity index (χ1) is 15.2. The maximum Gasteiger partial charge on any atom is 0.269 e. The van der Waals surface area contributed by atoms with Gasteiger partial charge in [-0.25, -0.2) is 4.98 Å². The second kappa shape index (κ2) is 8.25. The van der Waals surface area contributed by atoms with Crippen LogP contribution in [-0.4, -0.2) is 22.4 Å². The highest BCUT2D eigenvalue weighted by molar-refractivity contribution is 6.30. The first-order valence-electron chi connectivity index (χ1n) is 10.2. The van der Waals surface area contributed by atoms with Gasteiger partial charge in [0.15, 0.2) is 0 Å². The van der Waals surface area contributed by atoms with Gasteiger partial charge >= 0.3 is 0 Å². The molecule has 4 nitrogen and oxygen atoms in total. The number of pyridine rings is 1. The number of aromatic nitrogens is 2. The number of para-hydroxylation sites is 1. The Morgan fingerprint density at radius 3 is 2.45 bits per heavy atom. The third-order valence-electron chi connectivity index (χ3n) is 5.39. The monoisotopic (exact) mass is 425 g/mol. The number of benzene rings is 3. The standard InChI is InChI=1S/C26H20ClN3O/c27-19-12-10-17(11-13-19)14-15-28-26(31)23-16-21-20-8-4-5-9-22(20)29-25(21)24(30-23)18-6-2-1-3-7-18/h1-13,16,29H,14-15H2,(H,28,31). The van der Waals surface area contributed by atoms with E-state index in [4.69, 9.17) is 16.6 Å². The molecule has 5 heteroatoms. The summed E-state index contributed by atoms with van der Waals surface area (Å²) < 4.78 is 0. The van der Waals surface area contributed by atoms with Gasteiger partial charge in [-0.15, -0.1) is 0 Å². The molecule has 5 aromatic rings. The average molecular weight is 426 g/mol. The lowest BCUT2D eigenvalue weighted by Crippen LogP contribution is -2.26. The molecule has 0 aliphatic heterocycles. The minimum absolute atomic E-state index is 0.182. The number of amides is 1. The van der Waals surface area contributed by atoms with E-state index in [9.17, 15) is 4.79 Å². The van der Waals surface area contributed by atoms with Gasteiger partial charge in [-0.1, -0.05) is 72.3 Å². The third-order valence-corrected chi connectivity index (χ3v) is 5.64. The zero-order valence-corrected chi connectivity index (χ0v) is 17.5. The van der Waals surface area contributed by atoms with E-state index in [2.05, 4.69) is 16.4 Å². The van der Waals surface area contributed by atoms with E-state index in [0.717, 1.165) is 45.0 Å². The molecule has 0 spiro atoms. The molecule has 3 aromatic carbocycles. The molecule has 2 N–H and O–H groups in total. The molecule has 2 heterocycles. The van der Waals surface area contributed by atoms with Crippen molar-refractivity contribution in [1.82, 2.24) is 15.3 Å². The lowest BCUT2D eigenvalue weighted by molar-refractivity contribution is 0.0949. The van der Waals surface area contributed by atoms with E-state index in [1.165, 1.54) is 0 Å². The summed E-state index contributed by atoms with van der Waals surface area (Å²) in [5.74, 6) is -0.182. The maximum absolute atomic E-state index is 13.0. The molecule has 5 rings (SSSR count). The average Bonchev–Trinajstić information content (AvgIpc) is 3.19. The highest BCUT2D eigenvalue weighted by Gasteiger charge is 2.16. The molecule has 0 saturated heterocycles. The number of hydrogen-bond donors (Lipinski definition) is 2. The molecule has 0 radical (unpaired) electrons. The number of carbonyl (C=O) groups excluding carboxylic acids is 1. The van der Waals surface area contributed by atoms with E-state index in [0.29, 0.717) is 17.3 Å². The second-order valence-electron chi connectivity index (χ2n) is 7.45. The number of hydrogen-bond acceptors (Lipinski definition) is 2. The number of fused-ring (bicyclic) bond motifs is 3. The Bertz CT molecular complexity index is 1380. The quantitative estimate of drug-likeness (QED) is 0.362. The van der Waals surface area contributed by atoms with Crippen molar-refractivity contribution in [2.24, 2.45) is 0 Å². The summed E-state index contributed by atoms with van der Waals surface area (Å²) in [6.45, 7) is 0.523. The Morgan fingerprint density at radius 2 is 1.65 bits per heavy atom. The zero-order chi connectivity index (χ0) is 21.2. The van der Waals surface area contributed by atoms with Crippen molar-refractivity contribution in [3.05, 3.63) is 101 Å². The van der Waals surface area contributed by atoms with Gasteiger partial charge in [-0.05, 0) is 36.2 Å². The van der Waals surface area contributed by atoms with Gasteiger partial charge in [0.05, 0.1) is 11.2 Å². The number of H-pyrrole nitrogens is 1. The van der Waals surface area contributed by atoms with Crippen LogP contribution in [0, 0.1) is 0 Å². The molecule has 0 atom stereocenters. The normalized spacial score (nSPS) is 11.1. The number of nitrogens with zero attached hydrogens (tertiary/aromatic N) is 1. The number of aromatic amines is 1. The minimum Gasteiger partial charge on any atom is -0.353 e. The first-order valence-corrected chi connectivity index (χ1v) is 10.6. The van der Waals surface area contributed by atoms with Crippen LogP contribution >= 0.6 is 11.6 Å². The summed E-state index contributed by atoms with van der Waals surface area (Å²) in [7, 11) is 0. The lowest BCUT2D eigenvalue weighted by atomic mass is 10.1. The number of nitrogens with one attached hydrogen (secondary N) is 2. The van der Waals surface area contributed by atoms with Crippen molar-refractivity contribution >= 4 is 39.3 Å². The fraction of sp³-hybridized carbons (Fsp3) is 0.0769. The molecule has 0 unspecified atom stereocenters. The summed E-state index contributed by atoms with van der Waals surface area (Å²) in [6, 6.07) is 27.6. The second-order valence-corrected chi connectivity index (χ2v) is 7.88. The zero-order valence-electron chi connectivity index (χ0n) is 16.7. The van der Waals surface area contributed by atoms with Crippen LogP contribution < -0.4 is 5.32 Å². The topological polar surface area (TPSA) is 57.8 Å². The van der Waals surface area contributed by atoms with Crippen LogP contribution in [0.25, 0.3) is 33.1 Å². The van der Waals surface area contributed by atoms with Crippen molar-refractivity contribution in [3.8, 4) is 11.3 Å².